The molecule has 10 heteroatoms. The number of carbonyl (C=O) groups is 1. The van der Waals surface area contributed by atoms with Gasteiger partial charge in [0.25, 0.3) is 10.0 Å². The van der Waals surface area contributed by atoms with E-state index in [4.69, 9.17) is 21.1 Å². The van der Waals surface area contributed by atoms with Gasteiger partial charge in [-0.15, -0.1) is 11.8 Å². The predicted molar refractivity (Wildman–Crippen MR) is 117 cm³/mol. The second-order valence-electron chi connectivity index (χ2n) is 6.30. The molecule has 2 aromatic rings. The minimum atomic E-state index is -3.98. The molecule has 0 saturated carbocycles. The molecule has 7 nitrogen and oxygen atoms in total. The first-order chi connectivity index (χ1) is 13.6. The average molecular weight is 459 g/mol. The standard InChI is InChI=1S/C19H23ClN2O5S2/c1-11(2)19(23)21-15-8-12(6-7-18(15)28-5)29(24,25)22-14-10-16(26-3)13(20)9-17(14)27-4/h6-11,22H,1-5H3,(H,21,23). The summed E-state index contributed by atoms with van der Waals surface area (Å²) in [6.45, 7) is 3.52. The highest BCUT2D eigenvalue weighted by Gasteiger charge is 2.21. The molecule has 2 N–H and O–H groups in total. The summed E-state index contributed by atoms with van der Waals surface area (Å²) in [6.07, 6.45) is 1.84. The number of halogens is 1. The van der Waals surface area contributed by atoms with Gasteiger partial charge in [-0.3, -0.25) is 9.52 Å². The van der Waals surface area contributed by atoms with Gasteiger partial charge < -0.3 is 14.8 Å². The van der Waals surface area contributed by atoms with Gasteiger partial charge in [0.2, 0.25) is 5.91 Å². The van der Waals surface area contributed by atoms with Crippen LogP contribution in [0.15, 0.2) is 40.1 Å². The van der Waals surface area contributed by atoms with E-state index >= 15 is 0 Å². The topological polar surface area (TPSA) is 93.7 Å². The molecule has 0 saturated heterocycles. The van der Waals surface area contributed by atoms with E-state index in [1.54, 1.807) is 19.9 Å². The molecule has 1 amide bonds. The number of thioether (sulfide) groups is 1. The third-order valence-electron chi connectivity index (χ3n) is 3.98. The van der Waals surface area contributed by atoms with Gasteiger partial charge in [-0.05, 0) is 24.5 Å². The zero-order valence-electron chi connectivity index (χ0n) is 16.7. The molecule has 2 rings (SSSR count). The Morgan fingerprint density at radius 2 is 1.72 bits per heavy atom. The van der Waals surface area contributed by atoms with E-state index in [1.807, 2.05) is 6.26 Å². The Labute approximate surface area is 180 Å². The van der Waals surface area contributed by atoms with Gasteiger partial charge >= 0.3 is 0 Å². The van der Waals surface area contributed by atoms with Crippen LogP contribution in [0, 0.1) is 5.92 Å². The Morgan fingerprint density at radius 3 is 2.28 bits per heavy atom. The van der Waals surface area contributed by atoms with Crippen molar-refractivity contribution in [2.24, 2.45) is 5.92 Å². The molecule has 0 heterocycles. The Morgan fingerprint density at radius 1 is 1.07 bits per heavy atom. The molecular formula is C19H23ClN2O5S2. The van der Waals surface area contributed by atoms with Gasteiger partial charge in [0, 0.05) is 22.9 Å². The van der Waals surface area contributed by atoms with Crippen LogP contribution in [0.5, 0.6) is 11.5 Å². The second kappa shape index (κ2) is 9.60. The zero-order valence-corrected chi connectivity index (χ0v) is 19.1. The monoisotopic (exact) mass is 458 g/mol. The third-order valence-corrected chi connectivity index (χ3v) is 6.44. The maximum Gasteiger partial charge on any atom is 0.262 e. The summed E-state index contributed by atoms with van der Waals surface area (Å²) in [5, 5.41) is 3.06. The van der Waals surface area contributed by atoms with Crippen molar-refractivity contribution in [3.63, 3.8) is 0 Å². The van der Waals surface area contributed by atoms with Crippen LogP contribution in [-0.2, 0) is 14.8 Å². The number of ether oxygens (including phenoxy) is 2. The van der Waals surface area contributed by atoms with Crippen molar-refractivity contribution in [2.75, 3.05) is 30.5 Å². The summed E-state index contributed by atoms with van der Waals surface area (Å²) in [5.41, 5.74) is 0.607. The number of anilines is 2. The van der Waals surface area contributed by atoms with Crippen molar-refractivity contribution >= 4 is 50.7 Å². The highest BCUT2D eigenvalue weighted by molar-refractivity contribution is 7.98. The number of rotatable bonds is 8. The lowest BCUT2D eigenvalue weighted by molar-refractivity contribution is -0.118. The molecule has 0 aromatic heterocycles. The Balaban J connectivity index is 2.45. The Bertz CT molecular complexity index is 1010. The molecule has 0 fully saturated rings. The minimum Gasteiger partial charge on any atom is -0.495 e. The summed E-state index contributed by atoms with van der Waals surface area (Å²) in [5.74, 6) is 0.0991. The number of nitrogens with one attached hydrogen (secondary N) is 2. The molecular weight excluding hydrogens is 436 g/mol. The normalized spacial score (nSPS) is 11.3. The highest BCUT2D eigenvalue weighted by Crippen LogP contribution is 2.37. The number of methoxy groups -OCH3 is 2. The van der Waals surface area contributed by atoms with Gasteiger partial charge in [-0.2, -0.15) is 0 Å². The SMILES string of the molecule is COc1cc(NS(=O)(=O)c2ccc(SC)c(NC(=O)C(C)C)c2)c(OC)cc1Cl. The van der Waals surface area contributed by atoms with Crippen molar-refractivity contribution in [1.29, 1.82) is 0 Å². The fourth-order valence-electron chi connectivity index (χ4n) is 2.37. The first-order valence-electron chi connectivity index (χ1n) is 8.56. The summed E-state index contributed by atoms with van der Waals surface area (Å²) >= 11 is 7.48. The Hall–Kier alpha value is -2.10. The van der Waals surface area contributed by atoms with E-state index in [0.717, 1.165) is 4.90 Å². The second-order valence-corrected chi connectivity index (χ2v) is 9.24. The number of hydrogen-bond acceptors (Lipinski definition) is 6. The van der Waals surface area contributed by atoms with Crippen LogP contribution in [0.25, 0.3) is 0 Å². The number of amides is 1. The van der Waals surface area contributed by atoms with Crippen molar-refractivity contribution in [2.45, 2.75) is 23.6 Å². The molecule has 158 valence electrons. The van der Waals surface area contributed by atoms with Gasteiger partial charge in [0.05, 0.1) is 35.5 Å². The Kier molecular flexibility index (Phi) is 7.67. The van der Waals surface area contributed by atoms with Crippen LogP contribution in [-0.4, -0.2) is 34.8 Å². The number of sulfonamides is 1. The lowest BCUT2D eigenvalue weighted by Crippen LogP contribution is -2.19. The van der Waals surface area contributed by atoms with Gasteiger partial charge in [-0.25, -0.2) is 8.42 Å². The molecule has 0 aliphatic carbocycles. The van der Waals surface area contributed by atoms with E-state index in [0.29, 0.717) is 11.4 Å². The average Bonchev–Trinajstić information content (AvgIpc) is 2.68. The molecule has 0 unspecified atom stereocenters. The van der Waals surface area contributed by atoms with Gasteiger partial charge in [0.1, 0.15) is 11.5 Å². The lowest BCUT2D eigenvalue weighted by atomic mass is 10.2. The summed E-state index contributed by atoms with van der Waals surface area (Å²) in [4.78, 5) is 12.8. The minimum absolute atomic E-state index is 0.00896. The van der Waals surface area contributed by atoms with E-state index in [2.05, 4.69) is 10.0 Å². The van der Waals surface area contributed by atoms with E-state index in [9.17, 15) is 13.2 Å². The molecule has 29 heavy (non-hydrogen) atoms. The van der Waals surface area contributed by atoms with Crippen molar-refractivity contribution in [1.82, 2.24) is 0 Å². The molecule has 0 atom stereocenters. The summed E-state index contributed by atoms with van der Waals surface area (Å²) < 4.78 is 38.8. The number of hydrogen-bond donors (Lipinski definition) is 2. The highest BCUT2D eigenvalue weighted by atomic mass is 35.5. The van der Waals surface area contributed by atoms with Crippen LogP contribution in [0.4, 0.5) is 11.4 Å². The summed E-state index contributed by atoms with van der Waals surface area (Å²) in [7, 11) is -1.14. The van der Waals surface area contributed by atoms with E-state index < -0.39 is 10.0 Å². The maximum absolute atomic E-state index is 13.0. The van der Waals surface area contributed by atoms with Crippen molar-refractivity contribution in [3.8, 4) is 11.5 Å². The van der Waals surface area contributed by atoms with Crippen LogP contribution >= 0.6 is 23.4 Å². The summed E-state index contributed by atoms with van der Waals surface area (Å²) in [6, 6.07) is 7.45. The van der Waals surface area contributed by atoms with Gasteiger partial charge in [0.15, 0.2) is 0 Å². The van der Waals surface area contributed by atoms with Crippen LogP contribution in [0.2, 0.25) is 5.02 Å². The van der Waals surface area contributed by atoms with E-state index in [-0.39, 0.29) is 33.2 Å². The van der Waals surface area contributed by atoms with E-state index in [1.165, 1.54) is 50.2 Å². The molecule has 0 spiro atoms. The fraction of sp³-hybridized carbons (Fsp3) is 0.316. The number of carbonyl (C=O) groups excluding carboxylic acids is 1. The largest absolute Gasteiger partial charge is 0.495 e. The molecule has 0 aliphatic heterocycles. The zero-order chi connectivity index (χ0) is 21.8. The fourth-order valence-corrected chi connectivity index (χ4v) is 4.22. The first kappa shape index (κ1) is 23.2. The molecule has 0 radical (unpaired) electrons. The molecule has 2 aromatic carbocycles. The maximum atomic E-state index is 13.0. The lowest BCUT2D eigenvalue weighted by Gasteiger charge is -2.16. The first-order valence-corrected chi connectivity index (χ1v) is 11.6. The number of benzene rings is 2. The third kappa shape index (κ3) is 5.49. The van der Waals surface area contributed by atoms with Crippen LogP contribution in [0.3, 0.4) is 0 Å². The quantitative estimate of drug-likeness (QED) is 0.566. The molecule has 0 aliphatic rings. The van der Waals surface area contributed by atoms with Crippen molar-refractivity contribution in [3.05, 3.63) is 35.4 Å². The van der Waals surface area contributed by atoms with Crippen LogP contribution in [0.1, 0.15) is 13.8 Å². The molecule has 0 bridgehead atoms. The smallest absolute Gasteiger partial charge is 0.262 e. The van der Waals surface area contributed by atoms with Crippen molar-refractivity contribution < 1.29 is 22.7 Å². The van der Waals surface area contributed by atoms with Crippen LogP contribution < -0.4 is 19.5 Å². The predicted octanol–water partition coefficient (Wildman–Crippen LogP) is 4.47. The van der Waals surface area contributed by atoms with Gasteiger partial charge in [-0.1, -0.05) is 25.4 Å².